The highest BCUT2D eigenvalue weighted by atomic mass is 16.6. The summed E-state index contributed by atoms with van der Waals surface area (Å²) in [6.45, 7) is 8.35. The van der Waals surface area contributed by atoms with Crippen molar-refractivity contribution in [3.8, 4) is 0 Å². The minimum atomic E-state index is -0.405. The molecule has 0 saturated carbocycles. The zero-order valence-corrected chi connectivity index (χ0v) is 9.41. The van der Waals surface area contributed by atoms with E-state index >= 15 is 0 Å². The van der Waals surface area contributed by atoms with Crippen molar-refractivity contribution in [3.63, 3.8) is 0 Å². The van der Waals surface area contributed by atoms with Gasteiger partial charge in [-0.05, 0) is 34.1 Å². The van der Waals surface area contributed by atoms with Crippen LogP contribution in [0.3, 0.4) is 0 Å². The van der Waals surface area contributed by atoms with Gasteiger partial charge in [-0.25, -0.2) is 4.79 Å². The number of nitrogens with zero attached hydrogens (tertiary/aromatic N) is 1. The van der Waals surface area contributed by atoms with Crippen LogP contribution in [0.2, 0.25) is 0 Å². The predicted molar refractivity (Wildman–Crippen MR) is 56.2 cm³/mol. The Balaban J connectivity index is 2.56. The maximum atomic E-state index is 11.7. The lowest BCUT2D eigenvalue weighted by Crippen LogP contribution is -2.43. The second kappa shape index (κ2) is 4.03. The first-order chi connectivity index (χ1) is 6.40. The van der Waals surface area contributed by atoms with E-state index in [1.54, 1.807) is 4.90 Å². The van der Waals surface area contributed by atoms with Crippen molar-refractivity contribution in [1.82, 2.24) is 4.90 Å². The maximum Gasteiger partial charge on any atom is 0.410 e. The zero-order valence-electron chi connectivity index (χ0n) is 9.41. The molecule has 0 aliphatic carbocycles. The fourth-order valence-electron chi connectivity index (χ4n) is 1.36. The first kappa shape index (κ1) is 11.1. The van der Waals surface area contributed by atoms with Crippen LogP contribution in [0.15, 0.2) is 12.2 Å². The molecule has 14 heavy (non-hydrogen) atoms. The molecule has 0 aromatic heterocycles. The van der Waals surface area contributed by atoms with Crippen molar-refractivity contribution in [2.24, 2.45) is 0 Å². The lowest BCUT2D eigenvalue weighted by Gasteiger charge is -2.32. The summed E-state index contributed by atoms with van der Waals surface area (Å²) in [5, 5.41) is 0. The lowest BCUT2D eigenvalue weighted by molar-refractivity contribution is 0.0195. The van der Waals surface area contributed by atoms with Gasteiger partial charge in [0.15, 0.2) is 0 Å². The summed E-state index contributed by atoms with van der Waals surface area (Å²) in [4.78, 5) is 13.4. The Morgan fingerprint density at radius 1 is 1.43 bits per heavy atom. The summed E-state index contributed by atoms with van der Waals surface area (Å²) in [7, 11) is 0. The maximum absolute atomic E-state index is 11.7. The van der Waals surface area contributed by atoms with Gasteiger partial charge >= 0.3 is 6.09 Å². The summed E-state index contributed by atoms with van der Waals surface area (Å²) in [5.41, 5.74) is -0.405. The van der Waals surface area contributed by atoms with Crippen LogP contribution in [0.5, 0.6) is 0 Å². The second-order valence-electron chi connectivity index (χ2n) is 4.69. The molecule has 0 spiro atoms. The molecule has 1 heterocycles. The molecule has 0 bridgehead atoms. The third-order valence-corrected chi connectivity index (χ3v) is 2.11. The second-order valence-corrected chi connectivity index (χ2v) is 4.69. The van der Waals surface area contributed by atoms with E-state index in [2.05, 4.69) is 6.08 Å². The van der Waals surface area contributed by atoms with Crippen LogP contribution in [0.25, 0.3) is 0 Å². The molecule has 1 amide bonds. The monoisotopic (exact) mass is 197 g/mol. The molecule has 3 heteroatoms. The first-order valence-corrected chi connectivity index (χ1v) is 5.05. The number of ether oxygens (including phenoxy) is 1. The predicted octanol–water partition coefficient (Wildman–Crippen LogP) is 2.57. The number of amides is 1. The third kappa shape index (κ3) is 3.05. The molecule has 0 fully saturated rings. The van der Waals surface area contributed by atoms with E-state index in [9.17, 15) is 4.79 Å². The van der Waals surface area contributed by atoms with Crippen molar-refractivity contribution < 1.29 is 9.53 Å². The van der Waals surface area contributed by atoms with Crippen molar-refractivity contribution in [2.75, 3.05) is 6.54 Å². The fourth-order valence-corrected chi connectivity index (χ4v) is 1.36. The van der Waals surface area contributed by atoms with E-state index in [4.69, 9.17) is 4.74 Å². The molecule has 3 nitrogen and oxygen atoms in total. The van der Waals surface area contributed by atoms with E-state index < -0.39 is 5.60 Å². The average molecular weight is 197 g/mol. The number of rotatable bonds is 0. The molecule has 0 aromatic carbocycles. The SMILES string of the molecule is C[C@@H]1CC=CCN1C(=O)OC(C)(C)C. The Labute approximate surface area is 85.7 Å². The van der Waals surface area contributed by atoms with Gasteiger partial charge in [-0.3, -0.25) is 0 Å². The molecule has 0 saturated heterocycles. The Morgan fingerprint density at radius 3 is 2.57 bits per heavy atom. The molecule has 1 aliphatic rings. The number of hydrogen-bond acceptors (Lipinski definition) is 2. The average Bonchev–Trinajstić information content (AvgIpc) is 2.01. The van der Waals surface area contributed by atoms with Gasteiger partial charge in [0.25, 0.3) is 0 Å². The molecular weight excluding hydrogens is 178 g/mol. The smallest absolute Gasteiger partial charge is 0.410 e. The Morgan fingerprint density at radius 2 is 2.07 bits per heavy atom. The van der Waals surface area contributed by atoms with E-state index in [1.165, 1.54) is 0 Å². The summed E-state index contributed by atoms with van der Waals surface area (Å²) >= 11 is 0. The van der Waals surface area contributed by atoms with Gasteiger partial charge in [-0.2, -0.15) is 0 Å². The largest absolute Gasteiger partial charge is 0.444 e. The van der Waals surface area contributed by atoms with E-state index in [0.717, 1.165) is 6.42 Å². The number of hydrogen-bond donors (Lipinski definition) is 0. The van der Waals surface area contributed by atoms with Crippen LogP contribution in [0.4, 0.5) is 4.79 Å². The van der Waals surface area contributed by atoms with Gasteiger partial charge in [0.1, 0.15) is 5.60 Å². The van der Waals surface area contributed by atoms with Crippen molar-refractivity contribution in [2.45, 2.75) is 45.8 Å². The molecule has 0 radical (unpaired) electrons. The highest BCUT2D eigenvalue weighted by Crippen LogP contribution is 2.15. The van der Waals surface area contributed by atoms with E-state index in [-0.39, 0.29) is 12.1 Å². The van der Waals surface area contributed by atoms with Crippen molar-refractivity contribution in [1.29, 1.82) is 0 Å². The molecule has 1 atom stereocenters. The highest BCUT2D eigenvalue weighted by Gasteiger charge is 2.25. The molecule has 80 valence electrons. The van der Waals surface area contributed by atoms with Gasteiger partial charge in [-0.1, -0.05) is 12.2 Å². The molecular formula is C11H19NO2. The number of carbonyl (C=O) groups is 1. The molecule has 0 unspecified atom stereocenters. The van der Waals surface area contributed by atoms with Crippen LogP contribution in [0.1, 0.15) is 34.1 Å². The minimum absolute atomic E-state index is 0.214. The van der Waals surface area contributed by atoms with Crippen LogP contribution in [-0.2, 0) is 4.74 Å². The zero-order chi connectivity index (χ0) is 10.8. The highest BCUT2D eigenvalue weighted by molar-refractivity contribution is 5.69. The van der Waals surface area contributed by atoms with Crippen molar-refractivity contribution >= 4 is 6.09 Å². The first-order valence-electron chi connectivity index (χ1n) is 5.05. The van der Waals surface area contributed by atoms with E-state index in [0.29, 0.717) is 6.54 Å². The minimum Gasteiger partial charge on any atom is -0.444 e. The van der Waals surface area contributed by atoms with Crippen LogP contribution >= 0.6 is 0 Å². The van der Waals surface area contributed by atoms with Gasteiger partial charge < -0.3 is 9.64 Å². The molecule has 0 aromatic rings. The van der Waals surface area contributed by atoms with Gasteiger partial charge in [-0.15, -0.1) is 0 Å². The summed E-state index contributed by atoms with van der Waals surface area (Å²) in [6, 6.07) is 0.245. The van der Waals surface area contributed by atoms with Crippen molar-refractivity contribution in [3.05, 3.63) is 12.2 Å². The number of carbonyl (C=O) groups excluding carboxylic acids is 1. The molecule has 1 aliphatic heterocycles. The van der Waals surface area contributed by atoms with Crippen LogP contribution < -0.4 is 0 Å². The summed E-state index contributed by atoms with van der Waals surface area (Å²) in [5.74, 6) is 0. The Hall–Kier alpha value is -0.990. The van der Waals surface area contributed by atoms with Gasteiger partial charge in [0.05, 0.1) is 0 Å². The third-order valence-electron chi connectivity index (χ3n) is 2.11. The normalized spacial score (nSPS) is 22.3. The van der Waals surface area contributed by atoms with Gasteiger partial charge in [0, 0.05) is 12.6 Å². The standard InChI is InChI=1S/C11H19NO2/c1-9-7-5-6-8-12(9)10(13)14-11(2,3)4/h5-6,9H,7-8H2,1-4H3/t9-/m1/s1. The Bertz CT molecular complexity index is 240. The molecule has 0 N–H and O–H groups in total. The topological polar surface area (TPSA) is 29.5 Å². The quantitative estimate of drug-likeness (QED) is 0.558. The molecule has 1 rings (SSSR count). The van der Waals surface area contributed by atoms with Gasteiger partial charge in [0.2, 0.25) is 0 Å². The lowest BCUT2D eigenvalue weighted by atomic mass is 10.1. The Kier molecular flexibility index (Phi) is 3.19. The van der Waals surface area contributed by atoms with E-state index in [1.807, 2.05) is 33.8 Å². The fraction of sp³-hybridized carbons (Fsp3) is 0.727. The van der Waals surface area contributed by atoms with Crippen LogP contribution in [0, 0.1) is 0 Å². The summed E-state index contributed by atoms with van der Waals surface area (Å²) in [6.07, 6.45) is 4.81. The summed E-state index contributed by atoms with van der Waals surface area (Å²) < 4.78 is 5.30. The van der Waals surface area contributed by atoms with Crippen LogP contribution in [-0.4, -0.2) is 29.2 Å².